The summed E-state index contributed by atoms with van der Waals surface area (Å²) in [5, 5.41) is 0. The fourth-order valence-electron chi connectivity index (χ4n) is 3.36. The van der Waals surface area contributed by atoms with Gasteiger partial charge in [-0.2, -0.15) is 0 Å². The van der Waals surface area contributed by atoms with E-state index < -0.39 is 0 Å². The molecule has 0 radical (unpaired) electrons. The molecule has 0 saturated heterocycles. The quantitative estimate of drug-likeness (QED) is 0.395. The van der Waals surface area contributed by atoms with Crippen molar-refractivity contribution in [3.8, 4) is 33.8 Å². The Kier molecular flexibility index (Phi) is 4.11. The maximum absolute atomic E-state index is 4.97. The predicted molar refractivity (Wildman–Crippen MR) is 114 cm³/mol. The van der Waals surface area contributed by atoms with Crippen molar-refractivity contribution < 1.29 is 0 Å². The van der Waals surface area contributed by atoms with E-state index in [9.17, 15) is 0 Å². The first-order valence-corrected chi connectivity index (χ1v) is 9.22. The van der Waals surface area contributed by atoms with Crippen LogP contribution in [0.1, 0.15) is 0 Å². The van der Waals surface area contributed by atoms with Crippen LogP contribution in [0, 0.1) is 0 Å². The van der Waals surface area contributed by atoms with Gasteiger partial charge >= 0.3 is 0 Å². The van der Waals surface area contributed by atoms with E-state index in [2.05, 4.69) is 35.3 Å². The van der Waals surface area contributed by atoms with Crippen molar-refractivity contribution in [2.45, 2.75) is 0 Å². The molecule has 3 aromatic carbocycles. The van der Waals surface area contributed by atoms with Gasteiger partial charge < -0.3 is 0 Å². The Morgan fingerprint density at radius 1 is 0.464 bits per heavy atom. The van der Waals surface area contributed by atoms with Crippen LogP contribution < -0.4 is 0 Å². The largest absolute Gasteiger partial charge is 0.256 e. The van der Waals surface area contributed by atoms with Crippen molar-refractivity contribution in [3.63, 3.8) is 0 Å². The van der Waals surface area contributed by atoms with Crippen LogP contribution in [0.3, 0.4) is 0 Å². The zero-order chi connectivity index (χ0) is 18.8. The van der Waals surface area contributed by atoms with E-state index in [0.29, 0.717) is 0 Å². The molecule has 2 aromatic heterocycles. The molecule has 3 nitrogen and oxygen atoms in total. The number of hydrogen-bond acceptors (Lipinski definition) is 3. The summed E-state index contributed by atoms with van der Waals surface area (Å²) in [5.41, 5.74) is 7.64. The molecular formula is C25H17N3. The minimum absolute atomic E-state index is 0.877. The molecule has 0 saturated carbocycles. The number of aromatic nitrogens is 3. The molecule has 5 aromatic rings. The van der Waals surface area contributed by atoms with E-state index >= 15 is 0 Å². The van der Waals surface area contributed by atoms with Crippen LogP contribution in [-0.2, 0) is 0 Å². The average Bonchev–Trinajstić information content (AvgIpc) is 2.79. The van der Waals surface area contributed by atoms with Gasteiger partial charge in [-0.1, -0.05) is 66.7 Å². The summed E-state index contributed by atoms with van der Waals surface area (Å²) in [6.07, 6.45) is 1.81. The molecule has 5 rings (SSSR count). The van der Waals surface area contributed by atoms with Crippen LogP contribution in [0.5, 0.6) is 0 Å². The van der Waals surface area contributed by atoms with Gasteiger partial charge in [0.2, 0.25) is 0 Å². The maximum Gasteiger partial charge on any atom is 0.0973 e. The van der Waals surface area contributed by atoms with E-state index in [4.69, 9.17) is 9.97 Å². The summed E-state index contributed by atoms with van der Waals surface area (Å²) in [7, 11) is 0. The Balaban J connectivity index is 1.74. The molecule has 0 atom stereocenters. The molecule has 0 fully saturated rings. The topological polar surface area (TPSA) is 38.7 Å². The molecule has 0 N–H and O–H groups in total. The van der Waals surface area contributed by atoms with Crippen LogP contribution in [0.25, 0.3) is 44.8 Å². The standard InChI is InChI=1S/C25H17N3/c1-2-9-18(10-3-1)24-25(28-23-15-5-4-14-22(23)27-24)20-12-8-11-19(17-20)21-13-6-7-16-26-21/h1-17H. The van der Waals surface area contributed by atoms with E-state index in [-0.39, 0.29) is 0 Å². The van der Waals surface area contributed by atoms with Crippen molar-refractivity contribution in [3.05, 3.63) is 103 Å². The van der Waals surface area contributed by atoms with Crippen molar-refractivity contribution in [2.24, 2.45) is 0 Å². The highest BCUT2D eigenvalue weighted by molar-refractivity contribution is 5.87. The van der Waals surface area contributed by atoms with E-state index in [1.165, 1.54) is 0 Å². The van der Waals surface area contributed by atoms with Crippen molar-refractivity contribution in [1.29, 1.82) is 0 Å². The van der Waals surface area contributed by atoms with Gasteiger partial charge in [0, 0.05) is 22.9 Å². The van der Waals surface area contributed by atoms with Gasteiger partial charge in [0.1, 0.15) is 0 Å². The summed E-state index contributed by atoms with van der Waals surface area (Å²) in [4.78, 5) is 14.4. The number of para-hydroxylation sites is 2. The number of benzene rings is 3. The van der Waals surface area contributed by atoms with E-state index in [1.807, 2.05) is 72.9 Å². The first-order valence-electron chi connectivity index (χ1n) is 9.22. The van der Waals surface area contributed by atoms with Gasteiger partial charge in [0.25, 0.3) is 0 Å². The second kappa shape index (κ2) is 7.05. The van der Waals surface area contributed by atoms with Crippen LogP contribution in [0.15, 0.2) is 103 Å². The third-order valence-electron chi connectivity index (χ3n) is 4.71. The van der Waals surface area contributed by atoms with E-state index in [0.717, 1.165) is 44.8 Å². The lowest BCUT2D eigenvalue weighted by atomic mass is 10.0. The highest BCUT2D eigenvalue weighted by atomic mass is 14.8. The molecule has 0 unspecified atom stereocenters. The third-order valence-corrected chi connectivity index (χ3v) is 4.71. The van der Waals surface area contributed by atoms with Gasteiger partial charge in [-0.3, -0.25) is 4.98 Å². The summed E-state index contributed by atoms with van der Waals surface area (Å²) in [6.45, 7) is 0. The van der Waals surface area contributed by atoms with Gasteiger partial charge in [-0.05, 0) is 30.3 Å². The molecule has 0 amide bonds. The van der Waals surface area contributed by atoms with Crippen molar-refractivity contribution in [1.82, 2.24) is 15.0 Å². The summed E-state index contributed by atoms with van der Waals surface area (Å²) in [5.74, 6) is 0. The normalized spacial score (nSPS) is 10.9. The third kappa shape index (κ3) is 3.03. The summed E-state index contributed by atoms with van der Waals surface area (Å²) >= 11 is 0. The number of fused-ring (bicyclic) bond motifs is 1. The Bertz CT molecular complexity index is 1250. The highest BCUT2D eigenvalue weighted by Gasteiger charge is 2.13. The lowest BCUT2D eigenvalue weighted by molar-refractivity contribution is 1.29. The van der Waals surface area contributed by atoms with Gasteiger partial charge in [0.15, 0.2) is 0 Å². The summed E-state index contributed by atoms with van der Waals surface area (Å²) in [6, 6.07) is 32.5. The fourth-order valence-corrected chi connectivity index (χ4v) is 3.36. The van der Waals surface area contributed by atoms with Crippen molar-refractivity contribution in [2.75, 3.05) is 0 Å². The molecule has 3 heteroatoms. The maximum atomic E-state index is 4.97. The van der Waals surface area contributed by atoms with Gasteiger partial charge in [-0.25, -0.2) is 9.97 Å². The second-order valence-electron chi connectivity index (χ2n) is 6.57. The SMILES string of the molecule is c1ccc(-c2nc3ccccc3nc2-c2cccc(-c3ccccn3)c2)cc1. The molecule has 0 aliphatic rings. The zero-order valence-electron chi connectivity index (χ0n) is 15.2. The Hall–Kier alpha value is -3.85. The van der Waals surface area contributed by atoms with E-state index in [1.54, 1.807) is 0 Å². The molecule has 0 spiro atoms. The lowest BCUT2D eigenvalue weighted by Gasteiger charge is -2.11. The Morgan fingerprint density at radius 2 is 1.07 bits per heavy atom. The number of nitrogens with zero attached hydrogens (tertiary/aromatic N) is 3. The number of rotatable bonds is 3. The minimum Gasteiger partial charge on any atom is -0.256 e. The smallest absolute Gasteiger partial charge is 0.0973 e. The van der Waals surface area contributed by atoms with Gasteiger partial charge in [-0.15, -0.1) is 0 Å². The first-order chi connectivity index (χ1) is 13.9. The molecular weight excluding hydrogens is 342 g/mol. The van der Waals surface area contributed by atoms with Crippen molar-refractivity contribution >= 4 is 11.0 Å². The average molecular weight is 359 g/mol. The van der Waals surface area contributed by atoms with Crippen LogP contribution in [0.2, 0.25) is 0 Å². The molecule has 2 heterocycles. The van der Waals surface area contributed by atoms with Crippen LogP contribution in [-0.4, -0.2) is 15.0 Å². The predicted octanol–water partition coefficient (Wildman–Crippen LogP) is 6.03. The van der Waals surface area contributed by atoms with Gasteiger partial charge in [0.05, 0.1) is 28.1 Å². The molecule has 0 aliphatic heterocycles. The zero-order valence-corrected chi connectivity index (χ0v) is 15.2. The first kappa shape index (κ1) is 16.3. The number of hydrogen-bond donors (Lipinski definition) is 0. The highest BCUT2D eigenvalue weighted by Crippen LogP contribution is 2.32. The summed E-state index contributed by atoms with van der Waals surface area (Å²) < 4.78 is 0. The monoisotopic (exact) mass is 359 g/mol. The lowest BCUT2D eigenvalue weighted by Crippen LogP contribution is -1.95. The molecule has 0 bridgehead atoms. The molecule has 0 aliphatic carbocycles. The second-order valence-corrected chi connectivity index (χ2v) is 6.57. The molecule has 28 heavy (non-hydrogen) atoms. The van der Waals surface area contributed by atoms with Crippen LogP contribution in [0.4, 0.5) is 0 Å². The number of pyridine rings is 1. The van der Waals surface area contributed by atoms with Crippen LogP contribution >= 0.6 is 0 Å². The Labute approximate surface area is 163 Å². The fraction of sp³-hybridized carbons (Fsp3) is 0. The minimum atomic E-state index is 0.877. The Morgan fingerprint density at radius 3 is 1.79 bits per heavy atom. The molecule has 132 valence electrons.